The van der Waals surface area contributed by atoms with Crippen molar-refractivity contribution in [3.05, 3.63) is 83.7 Å². The Balaban J connectivity index is 1.46. The van der Waals surface area contributed by atoms with Crippen LogP contribution in [-0.2, 0) is 11.3 Å². The Morgan fingerprint density at radius 2 is 2.00 bits per heavy atom. The molecule has 1 aliphatic rings. The highest BCUT2D eigenvalue weighted by atomic mass is 19.1. The number of rotatable bonds is 5. The number of aryl methyl sites for hydroxylation is 1. The van der Waals surface area contributed by atoms with Gasteiger partial charge in [0.2, 0.25) is 5.91 Å². The molecular formula is C22H23FN4O. The SMILES string of the molecule is Cc1nccn1-c1ccc(CN[C@@H]2CCC(=O)N[C@H]2c2ccccc2F)cc1. The fourth-order valence-electron chi connectivity index (χ4n) is 3.72. The zero-order valence-electron chi connectivity index (χ0n) is 15.7. The second-order valence-corrected chi connectivity index (χ2v) is 7.10. The van der Waals surface area contributed by atoms with E-state index < -0.39 is 0 Å². The van der Waals surface area contributed by atoms with Gasteiger partial charge < -0.3 is 15.2 Å². The molecule has 0 aliphatic carbocycles. The van der Waals surface area contributed by atoms with Crippen LogP contribution < -0.4 is 10.6 Å². The van der Waals surface area contributed by atoms with Crippen molar-refractivity contribution in [3.63, 3.8) is 0 Å². The highest BCUT2D eigenvalue weighted by Gasteiger charge is 2.31. The Kier molecular flexibility index (Phi) is 5.21. The molecule has 0 radical (unpaired) electrons. The molecule has 28 heavy (non-hydrogen) atoms. The zero-order valence-corrected chi connectivity index (χ0v) is 15.7. The van der Waals surface area contributed by atoms with E-state index in [2.05, 4.69) is 39.9 Å². The lowest BCUT2D eigenvalue weighted by Gasteiger charge is -2.33. The van der Waals surface area contributed by atoms with Crippen LogP contribution in [0.25, 0.3) is 5.69 Å². The van der Waals surface area contributed by atoms with E-state index in [-0.39, 0.29) is 23.8 Å². The summed E-state index contributed by atoms with van der Waals surface area (Å²) in [5.74, 6) is 0.615. The van der Waals surface area contributed by atoms with Crippen molar-refractivity contribution in [1.82, 2.24) is 20.2 Å². The number of piperidine rings is 1. The predicted molar refractivity (Wildman–Crippen MR) is 105 cm³/mol. The summed E-state index contributed by atoms with van der Waals surface area (Å²) in [7, 11) is 0. The molecule has 5 nitrogen and oxygen atoms in total. The van der Waals surface area contributed by atoms with Crippen LogP contribution in [0.3, 0.4) is 0 Å². The third-order valence-corrected chi connectivity index (χ3v) is 5.25. The number of nitrogens with one attached hydrogen (secondary N) is 2. The fourth-order valence-corrected chi connectivity index (χ4v) is 3.72. The first-order chi connectivity index (χ1) is 13.6. The Morgan fingerprint density at radius 3 is 2.71 bits per heavy atom. The average Bonchev–Trinajstić information content (AvgIpc) is 3.14. The molecule has 6 heteroatoms. The van der Waals surface area contributed by atoms with Crippen molar-refractivity contribution in [3.8, 4) is 5.69 Å². The van der Waals surface area contributed by atoms with E-state index in [1.807, 2.05) is 17.7 Å². The van der Waals surface area contributed by atoms with E-state index in [1.165, 1.54) is 6.07 Å². The van der Waals surface area contributed by atoms with Gasteiger partial charge in [-0.2, -0.15) is 0 Å². The third-order valence-electron chi connectivity index (χ3n) is 5.25. The molecule has 4 rings (SSSR count). The Bertz CT molecular complexity index is 967. The number of aromatic nitrogens is 2. The van der Waals surface area contributed by atoms with Gasteiger partial charge in [-0.3, -0.25) is 4.79 Å². The van der Waals surface area contributed by atoms with Crippen molar-refractivity contribution in [2.75, 3.05) is 0 Å². The van der Waals surface area contributed by atoms with E-state index in [0.29, 0.717) is 24.9 Å². The zero-order chi connectivity index (χ0) is 19.5. The minimum absolute atomic E-state index is 0.0230. The summed E-state index contributed by atoms with van der Waals surface area (Å²) in [6.45, 7) is 2.62. The summed E-state index contributed by atoms with van der Waals surface area (Å²) >= 11 is 0. The van der Waals surface area contributed by atoms with Crippen molar-refractivity contribution >= 4 is 5.91 Å². The first kappa shape index (κ1) is 18.4. The Hall–Kier alpha value is -2.99. The largest absolute Gasteiger partial charge is 0.348 e. The smallest absolute Gasteiger partial charge is 0.220 e. The molecular weight excluding hydrogens is 355 g/mol. The van der Waals surface area contributed by atoms with Crippen LogP contribution in [0.1, 0.15) is 35.8 Å². The van der Waals surface area contributed by atoms with Gasteiger partial charge in [0.1, 0.15) is 11.6 Å². The van der Waals surface area contributed by atoms with E-state index in [1.54, 1.807) is 24.4 Å². The van der Waals surface area contributed by atoms with E-state index in [9.17, 15) is 9.18 Å². The maximum atomic E-state index is 14.3. The third kappa shape index (κ3) is 3.82. The number of nitrogens with zero attached hydrogens (tertiary/aromatic N) is 2. The van der Waals surface area contributed by atoms with Gasteiger partial charge in [0, 0.05) is 42.7 Å². The molecule has 2 heterocycles. The summed E-state index contributed by atoms with van der Waals surface area (Å²) in [6, 6.07) is 14.5. The number of hydrogen-bond acceptors (Lipinski definition) is 3. The van der Waals surface area contributed by atoms with Gasteiger partial charge in [-0.05, 0) is 37.1 Å². The minimum Gasteiger partial charge on any atom is -0.348 e. The van der Waals surface area contributed by atoms with Gasteiger partial charge in [-0.1, -0.05) is 30.3 Å². The maximum absolute atomic E-state index is 14.3. The van der Waals surface area contributed by atoms with Crippen LogP contribution in [-0.4, -0.2) is 21.5 Å². The summed E-state index contributed by atoms with van der Waals surface area (Å²) in [4.78, 5) is 16.1. The number of carbonyl (C=O) groups excluding carboxylic acids is 1. The van der Waals surface area contributed by atoms with E-state index >= 15 is 0 Å². The molecule has 3 aromatic rings. The number of hydrogen-bond donors (Lipinski definition) is 2. The lowest BCUT2D eigenvalue weighted by Crippen LogP contribution is -2.48. The number of imidazole rings is 1. The number of amides is 1. The fraction of sp³-hybridized carbons (Fsp3) is 0.273. The first-order valence-corrected chi connectivity index (χ1v) is 9.48. The summed E-state index contributed by atoms with van der Waals surface area (Å²) in [5.41, 5.74) is 2.72. The first-order valence-electron chi connectivity index (χ1n) is 9.48. The molecule has 2 aromatic carbocycles. The molecule has 0 spiro atoms. The van der Waals surface area contributed by atoms with Crippen LogP contribution in [0.5, 0.6) is 0 Å². The molecule has 0 bridgehead atoms. The molecule has 144 valence electrons. The monoisotopic (exact) mass is 378 g/mol. The highest BCUT2D eigenvalue weighted by molar-refractivity contribution is 5.77. The van der Waals surface area contributed by atoms with Gasteiger partial charge in [-0.15, -0.1) is 0 Å². The van der Waals surface area contributed by atoms with Gasteiger partial charge in [0.25, 0.3) is 0 Å². The standard InChI is InChI=1S/C22H23FN4O/c1-15-24-12-13-27(15)17-8-6-16(7-9-17)14-25-20-10-11-21(28)26-22(20)18-4-2-3-5-19(18)23/h2-9,12-13,20,22,25H,10-11,14H2,1H3,(H,26,28)/t20-,22+/m1/s1. The summed E-state index contributed by atoms with van der Waals surface area (Å²) in [5, 5.41) is 6.44. The molecule has 1 aliphatic heterocycles. The predicted octanol–water partition coefficient (Wildman–Crippen LogP) is 3.43. The molecule has 1 fully saturated rings. The molecule has 0 saturated carbocycles. The summed E-state index contributed by atoms with van der Waals surface area (Å²) < 4.78 is 16.3. The number of carbonyl (C=O) groups is 1. The van der Waals surface area contributed by atoms with Gasteiger partial charge in [-0.25, -0.2) is 9.37 Å². The van der Waals surface area contributed by atoms with Crippen molar-refractivity contribution in [2.24, 2.45) is 0 Å². The van der Waals surface area contributed by atoms with Crippen LogP contribution in [0.2, 0.25) is 0 Å². The molecule has 1 aromatic heterocycles. The number of halogens is 1. The average molecular weight is 378 g/mol. The number of benzene rings is 2. The van der Waals surface area contributed by atoms with Crippen LogP contribution in [0, 0.1) is 12.7 Å². The van der Waals surface area contributed by atoms with Gasteiger partial charge in [0.15, 0.2) is 0 Å². The molecule has 1 amide bonds. The van der Waals surface area contributed by atoms with Crippen molar-refractivity contribution < 1.29 is 9.18 Å². The van der Waals surface area contributed by atoms with Crippen LogP contribution in [0.4, 0.5) is 4.39 Å². The van der Waals surface area contributed by atoms with Crippen molar-refractivity contribution in [2.45, 2.75) is 38.4 Å². The Morgan fingerprint density at radius 1 is 1.21 bits per heavy atom. The maximum Gasteiger partial charge on any atom is 0.220 e. The molecule has 2 atom stereocenters. The highest BCUT2D eigenvalue weighted by Crippen LogP contribution is 2.26. The van der Waals surface area contributed by atoms with Gasteiger partial charge >= 0.3 is 0 Å². The van der Waals surface area contributed by atoms with E-state index in [4.69, 9.17) is 0 Å². The molecule has 2 N–H and O–H groups in total. The summed E-state index contributed by atoms with van der Waals surface area (Å²) in [6.07, 6.45) is 4.84. The second-order valence-electron chi connectivity index (χ2n) is 7.10. The van der Waals surface area contributed by atoms with Crippen LogP contribution >= 0.6 is 0 Å². The Labute approximate surface area is 163 Å². The van der Waals surface area contributed by atoms with Crippen LogP contribution in [0.15, 0.2) is 60.9 Å². The van der Waals surface area contributed by atoms with E-state index in [0.717, 1.165) is 17.1 Å². The lowest BCUT2D eigenvalue weighted by atomic mass is 9.91. The normalized spacial score (nSPS) is 19.4. The lowest BCUT2D eigenvalue weighted by molar-refractivity contribution is -0.123. The molecule has 0 unspecified atom stereocenters. The quantitative estimate of drug-likeness (QED) is 0.715. The van der Waals surface area contributed by atoms with Gasteiger partial charge in [0.05, 0.1) is 6.04 Å². The molecule has 1 saturated heterocycles. The minimum atomic E-state index is -0.365. The van der Waals surface area contributed by atoms with Crippen molar-refractivity contribution in [1.29, 1.82) is 0 Å². The topological polar surface area (TPSA) is 59.0 Å². The second kappa shape index (κ2) is 7.94.